The molecule has 6 rings (SSSR count). The van der Waals surface area contributed by atoms with E-state index in [4.69, 9.17) is 0 Å². The Labute approximate surface area is 226 Å². The highest BCUT2D eigenvalue weighted by Crippen LogP contribution is 2.68. The van der Waals surface area contributed by atoms with Gasteiger partial charge in [0.25, 0.3) is 0 Å². The van der Waals surface area contributed by atoms with Crippen LogP contribution in [0.5, 0.6) is 0 Å². The van der Waals surface area contributed by atoms with E-state index in [1.807, 2.05) is 0 Å². The molecule has 8 atom stereocenters. The van der Waals surface area contributed by atoms with Gasteiger partial charge < -0.3 is 0 Å². The van der Waals surface area contributed by atoms with E-state index in [2.05, 4.69) is 83.4 Å². The Morgan fingerprint density at radius 3 is 1.86 bits per heavy atom. The third kappa shape index (κ3) is 4.32. The quantitative estimate of drug-likeness (QED) is 0.334. The molecule has 0 aromatic carbocycles. The molecule has 0 amide bonds. The van der Waals surface area contributed by atoms with Crippen LogP contribution in [0, 0.1) is 46.8 Å². The second-order valence-corrected chi connectivity index (χ2v) is 23.2. The van der Waals surface area contributed by atoms with Crippen LogP contribution in [0.15, 0.2) is 22.0 Å². The molecule has 3 heteroatoms. The number of allylic oxidation sites excluding steroid dienone is 4. The fourth-order valence-electron chi connectivity index (χ4n) is 10.7. The lowest BCUT2D eigenvalue weighted by Crippen LogP contribution is -2.47. The molecule has 0 radical (unpaired) electrons. The molecule has 6 aliphatic rings. The molecular weight excluding hydrogens is 477 g/mol. The summed E-state index contributed by atoms with van der Waals surface area (Å²) in [6.45, 7) is 18.0. The minimum absolute atomic E-state index is 0.516. The molecule has 35 heavy (non-hydrogen) atoms. The van der Waals surface area contributed by atoms with Crippen LogP contribution in [0.3, 0.4) is 0 Å². The number of thioether (sulfide) groups is 2. The van der Waals surface area contributed by atoms with Crippen LogP contribution in [0.2, 0.25) is 24.2 Å². The summed E-state index contributed by atoms with van der Waals surface area (Å²) in [7, 11) is -1.40. The van der Waals surface area contributed by atoms with Crippen LogP contribution in [-0.2, 0) is 0 Å². The molecule has 0 nitrogen and oxygen atoms in total. The molecule has 0 bridgehead atoms. The number of fused-ring (bicyclic) bond motifs is 4. The van der Waals surface area contributed by atoms with Gasteiger partial charge in [0.05, 0.1) is 8.07 Å². The molecule has 0 aromatic heterocycles. The standard InChI is InChI=1S/C32H52S2Si/c1-19-17-26-27-18-20(2)34-30(27)31(29(26)33-19)35(6,7)28-16-15-24-23(9-8-10-25(24)28)21-11-13-22(14-12-21)32(3,4)5/h17-18,21-31H,8-16H2,1-7H3. The smallest absolute Gasteiger partial charge is 0.0563 e. The van der Waals surface area contributed by atoms with Crippen molar-refractivity contribution < 1.29 is 0 Å². The van der Waals surface area contributed by atoms with Crippen LogP contribution in [0.4, 0.5) is 0 Å². The third-order valence-corrected chi connectivity index (χ3v) is 20.7. The molecular formula is C32H52S2Si. The maximum Gasteiger partial charge on any atom is 0.0563 e. The minimum atomic E-state index is -1.40. The molecule has 0 N–H and O–H groups in total. The molecule has 4 fully saturated rings. The van der Waals surface area contributed by atoms with Gasteiger partial charge in [-0.15, -0.1) is 23.5 Å². The van der Waals surface area contributed by atoms with Crippen molar-refractivity contribution in [2.45, 2.75) is 127 Å². The van der Waals surface area contributed by atoms with Crippen molar-refractivity contribution in [3.63, 3.8) is 0 Å². The second-order valence-electron chi connectivity index (χ2n) is 15.3. The van der Waals surface area contributed by atoms with Crippen LogP contribution in [0.1, 0.15) is 92.4 Å². The van der Waals surface area contributed by atoms with Gasteiger partial charge in [-0.2, -0.15) is 0 Å². The van der Waals surface area contributed by atoms with E-state index in [1.165, 1.54) is 12.8 Å². The summed E-state index contributed by atoms with van der Waals surface area (Å²) in [5.41, 5.74) is 2.61. The van der Waals surface area contributed by atoms with Gasteiger partial charge in [0, 0.05) is 10.5 Å². The van der Waals surface area contributed by atoms with Crippen molar-refractivity contribution in [3.8, 4) is 0 Å². The molecule has 4 saturated carbocycles. The highest BCUT2D eigenvalue weighted by molar-refractivity contribution is 8.05. The first kappa shape index (κ1) is 25.7. The number of hydrogen-bond donors (Lipinski definition) is 0. The number of hydrogen-bond acceptors (Lipinski definition) is 2. The van der Waals surface area contributed by atoms with Crippen molar-refractivity contribution in [1.29, 1.82) is 0 Å². The van der Waals surface area contributed by atoms with Crippen LogP contribution in [0.25, 0.3) is 0 Å². The van der Waals surface area contributed by atoms with Crippen LogP contribution in [-0.4, -0.2) is 18.6 Å². The van der Waals surface area contributed by atoms with Crippen LogP contribution >= 0.6 is 23.5 Å². The first-order valence-corrected chi connectivity index (χ1v) is 20.2. The Morgan fingerprint density at radius 1 is 0.714 bits per heavy atom. The van der Waals surface area contributed by atoms with E-state index in [9.17, 15) is 0 Å². The zero-order valence-corrected chi connectivity index (χ0v) is 26.3. The topological polar surface area (TPSA) is 0 Å². The minimum Gasteiger partial charge on any atom is -0.127 e. The summed E-state index contributed by atoms with van der Waals surface area (Å²) in [5, 5.41) is 1.80. The van der Waals surface area contributed by atoms with Crippen LogP contribution < -0.4 is 0 Å². The van der Waals surface area contributed by atoms with Gasteiger partial charge in [-0.05, 0) is 120 Å². The van der Waals surface area contributed by atoms with E-state index in [0.717, 1.165) is 63.0 Å². The average Bonchev–Trinajstić information content (AvgIpc) is 3.53. The Bertz CT molecular complexity index is 840. The lowest BCUT2D eigenvalue weighted by Gasteiger charge is -2.48. The van der Waals surface area contributed by atoms with Gasteiger partial charge >= 0.3 is 0 Å². The Kier molecular flexibility index (Phi) is 6.78. The monoisotopic (exact) mass is 528 g/mol. The Morgan fingerprint density at radius 2 is 1.29 bits per heavy atom. The van der Waals surface area contributed by atoms with Crippen molar-refractivity contribution in [2.24, 2.45) is 46.8 Å². The van der Waals surface area contributed by atoms with Crippen molar-refractivity contribution in [2.75, 3.05) is 0 Å². The Hall–Kier alpha value is 0.397. The average molecular weight is 529 g/mol. The van der Waals surface area contributed by atoms with Gasteiger partial charge in [-0.3, -0.25) is 0 Å². The van der Waals surface area contributed by atoms with E-state index >= 15 is 0 Å². The highest BCUT2D eigenvalue weighted by atomic mass is 32.2. The van der Waals surface area contributed by atoms with E-state index in [-0.39, 0.29) is 0 Å². The molecule has 196 valence electrons. The number of rotatable bonds is 3. The first-order chi connectivity index (χ1) is 16.6. The third-order valence-electron chi connectivity index (χ3n) is 12.3. The first-order valence-electron chi connectivity index (χ1n) is 15.3. The SMILES string of the molecule is CC1=CC2C3C=C(C)SC3C([Si](C)(C)C3CCC4C(C5CCC(C(C)(C)C)CC5)CCCC43)C2S1. The van der Waals surface area contributed by atoms with Crippen molar-refractivity contribution in [3.05, 3.63) is 22.0 Å². The highest BCUT2D eigenvalue weighted by Gasteiger charge is 2.62. The second kappa shape index (κ2) is 9.25. The summed E-state index contributed by atoms with van der Waals surface area (Å²) < 4.78 is 0. The molecule has 4 aliphatic carbocycles. The summed E-state index contributed by atoms with van der Waals surface area (Å²) in [6.07, 6.45) is 19.3. The summed E-state index contributed by atoms with van der Waals surface area (Å²) in [5.74, 6) is 6.92. The van der Waals surface area contributed by atoms with Gasteiger partial charge in [0.1, 0.15) is 0 Å². The fourth-order valence-corrected chi connectivity index (χ4v) is 21.2. The summed E-state index contributed by atoms with van der Waals surface area (Å²) in [6, 6.07) is 0. The summed E-state index contributed by atoms with van der Waals surface area (Å²) in [4.78, 5) is 3.26. The van der Waals surface area contributed by atoms with Crippen molar-refractivity contribution in [1.82, 2.24) is 0 Å². The molecule has 0 spiro atoms. The van der Waals surface area contributed by atoms with Gasteiger partial charge in [-0.1, -0.05) is 65.3 Å². The Balaban J connectivity index is 1.19. The molecule has 0 aromatic rings. The molecule has 2 aliphatic heterocycles. The van der Waals surface area contributed by atoms with E-state index in [1.54, 1.807) is 54.8 Å². The van der Waals surface area contributed by atoms with Gasteiger partial charge in [0.2, 0.25) is 0 Å². The summed E-state index contributed by atoms with van der Waals surface area (Å²) >= 11 is 4.59. The van der Waals surface area contributed by atoms with E-state index in [0.29, 0.717) is 5.41 Å². The van der Waals surface area contributed by atoms with Crippen molar-refractivity contribution >= 4 is 31.6 Å². The van der Waals surface area contributed by atoms with Gasteiger partial charge in [0.15, 0.2) is 0 Å². The predicted octanol–water partition coefficient (Wildman–Crippen LogP) is 10.4. The normalized spacial score (nSPS) is 47.8. The largest absolute Gasteiger partial charge is 0.127 e. The van der Waals surface area contributed by atoms with Gasteiger partial charge in [-0.25, -0.2) is 0 Å². The zero-order chi connectivity index (χ0) is 24.7. The maximum absolute atomic E-state index is 2.88. The molecule has 8 unspecified atom stereocenters. The fraction of sp³-hybridized carbons (Fsp3) is 0.875. The lowest BCUT2D eigenvalue weighted by atomic mass is 9.61. The molecule has 0 saturated heterocycles. The lowest BCUT2D eigenvalue weighted by molar-refractivity contribution is 0.0641. The van der Waals surface area contributed by atoms with E-state index < -0.39 is 8.07 Å². The zero-order valence-electron chi connectivity index (χ0n) is 23.7. The molecule has 2 heterocycles. The predicted molar refractivity (Wildman–Crippen MR) is 161 cm³/mol. The maximum atomic E-state index is 2.88.